The van der Waals surface area contributed by atoms with Gasteiger partial charge in [-0.3, -0.25) is 0 Å². The smallest absolute Gasteiger partial charge is 0.243 e. The number of nitrogens with two attached hydrogens (primary N) is 1. The van der Waals surface area contributed by atoms with E-state index in [2.05, 4.69) is 0 Å². The van der Waals surface area contributed by atoms with E-state index in [1.165, 1.54) is 10.4 Å². The Balaban J connectivity index is 2.28. The Labute approximate surface area is 126 Å². The second kappa shape index (κ2) is 6.43. The summed E-state index contributed by atoms with van der Waals surface area (Å²) < 4.78 is 26.8. The molecule has 112 valence electrons. The molecule has 0 spiro atoms. The largest absolute Gasteiger partial charge is 0.330 e. The van der Waals surface area contributed by atoms with Gasteiger partial charge in [-0.25, -0.2) is 8.42 Å². The summed E-state index contributed by atoms with van der Waals surface area (Å²) in [6, 6.07) is 6.39. The van der Waals surface area contributed by atoms with Gasteiger partial charge in [0.2, 0.25) is 10.0 Å². The molecule has 0 saturated heterocycles. The molecule has 2 unspecified atom stereocenters. The maximum Gasteiger partial charge on any atom is 0.243 e. The second-order valence-corrected chi connectivity index (χ2v) is 7.76. The Morgan fingerprint density at radius 3 is 2.70 bits per heavy atom. The lowest BCUT2D eigenvalue weighted by molar-refractivity contribution is 0.204. The van der Waals surface area contributed by atoms with Gasteiger partial charge in [-0.15, -0.1) is 0 Å². The first-order valence-electron chi connectivity index (χ1n) is 6.90. The van der Waals surface area contributed by atoms with Crippen LogP contribution in [-0.2, 0) is 10.0 Å². The van der Waals surface area contributed by atoms with Gasteiger partial charge in [-0.2, -0.15) is 4.31 Å². The van der Waals surface area contributed by atoms with Crippen LogP contribution in [0, 0.1) is 5.92 Å². The van der Waals surface area contributed by atoms with Crippen molar-refractivity contribution in [1.82, 2.24) is 4.31 Å². The monoisotopic (exact) mass is 316 g/mol. The van der Waals surface area contributed by atoms with Gasteiger partial charge in [0.05, 0.1) is 4.90 Å². The minimum absolute atomic E-state index is 0.0160. The van der Waals surface area contributed by atoms with E-state index in [-0.39, 0.29) is 16.9 Å². The Kier molecular flexibility index (Phi) is 5.07. The predicted octanol–water partition coefficient (Wildman–Crippen LogP) is 2.48. The Morgan fingerprint density at radius 1 is 1.35 bits per heavy atom. The van der Waals surface area contributed by atoms with Crippen molar-refractivity contribution in [1.29, 1.82) is 0 Å². The van der Waals surface area contributed by atoms with Crippen LogP contribution < -0.4 is 5.73 Å². The SMILES string of the molecule is CN(C1CCCCC1CN)S(=O)(=O)c1cccc(Cl)c1. The molecule has 0 aliphatic heterocycles. The topological polar surface area (TPSA) is 63.4 Å². The first-order chi connectivity index (χ1) is 9.46. The van der Waals surface area contributed by atoms with E-state index in [4.69, 9.17) is 17.3 Å². The summed E-state index contributed by atoms with van der Waals surface area (Å²) in [6.07, 6.45) is 4.05. The van der Waals surface area contributed by atoms with E-state index < -0.39 is 10.0 Å². The van der Waals surface area contributed by atoms with Crippen LogP contribution in [0.25, 0.3) is 0 Å². The van der Waals surface area contributed by atoms with Gasteiger partial charge < -0.3 is 5.73 Å². The first-order valence-corrected chi connectivity index (χ1v) is 8.72. The van der Waals surface area contributed by atoms with Crippen molar-refractivity contribution in [3.05, 3.63) is 29.3 Å². The lowest BCUT2D eigenvalue weighted by atomic mass is 9.85. The lowest BCUT2D eigenvalue weighted by Crippen LogP contribution is -2.45. The number of sulfonamides is 1. The van der Waals surface area contributed by atoms with Gasteiger partial charge in [0.1, 0.15) is 0 Å². The molecule has 20 heavy (non-hydrogen) atoms. The van der Waals surface area contributed by atoms with Crippen LogP contribution in [0.15, 0.2) is 29.2 Å². The van der Waals surface area contributed by atoms with E-state index in [1.54, 1.807) is 25.2 Å². The van der Waals surface area contributed by atoms with Crippen molar-refractivity contribution in [3.63, 3.8) is 0 Å². The van der Waals surface area contributed by atoms with E-state index in [0.29, 0.717) is 11.6 Å². The van der Waals surface area contributed by atoms with Gasteiger partial charge in [0.25, 0.3) is 0 Å². The molecule has 0 radical (unpaired) electrons. The molecule has 2 N–H and O–H groups in total. The normalized spacial score (nSPS) is 24.0. The highest BCUT2D eigenvalue weighted by molar-refractivity contribution is 7.89. The zero-order valence-electron chi connectivity index (χ0n) is 11.6. The third-order valence-electron chi connectivity index (χ3n) is 4.11. The Hall–Kier alpha value is -0.620. The molecule has 1 aliphatic rings. The molecule has 0 bridgehead atoms. The molecule has 2 rings (SSSR count). The highest BCUT2D eigenvalue weighted by Crippen LogP contribution is 2.30. The van der Waals surface area contributed by atoms with Gasteiger partial charge >= 0.3 is 0 Å². The van der Waals surface area contributed by atoms with Gasteiger partial charge in [0, 0.05) is 18.1 Å². The molecule has 0 amide bonds. The number of rotatable bonds is 4. The fourth-order valence-corrected chi connectivity index (χ4v) is 4.66. The van der Waals surface area contributed by atoms with Crippen LogP contribution in [0.1, 0.15) is 25.7 Å². The van der Waals surface area contributed by atoms with Crippen LogP contribution in [-0.4, -0.2) is 32.4 Å². The van der Waals surface area contributed by atoms with Crippen LogP contribution in [0.4, 0.5) is 0 Å². The molecule has 1 aromatic carbocycles. The molecule has 6 heteroatoms. The van der Waals surface area contributed by atoms with Crippen molar-refractivity contribution in [2.24, 2.45) is 11.7 Å². The van der Waals surface area contributed by atoms with Crippen molar-refractivity contribution in [2.45, 2.75) is 36.6 Å². The molecule has 0 aromatic heterocycles. The van der Waals surface area contributed by atoms with E-state index in [1.807, 2.05) is 0 Å². The number of benzene rings is 1. The number of halogens is 1. The van der Waals surface area contributed by atoms with Crippen LogP contribution in [0.5, 0.6) is 0 Å². The molecular formula is C14H21ClN2O2S. The summed E-state index contributed by atoms with van der Waals surface area (Å²) in [6.45, 7) is 0.528. The lowest BCUT2D eigenvalue weighted by Gasteiger charge is -2.36. The molecule has 0 heterocycles. The molecule has 4 nitrogen and oxygen atoms in total. The summed E-state index contributed by atoms with van der Waals surface area (Å²) in [5.41, 5.74) is 5.79. The minimum atomic E-state index is -3.51. The second-order valence-electron chi connectivity index (χ2n) is 5.33. The van der Waals surface area contributed by atoms with Crippen LogP contribution in [0.2, 0.25) is 5.02 Å². The highest BCUT2D eigenvalue weighted by Gasteiger charge is 2.34. The zero-order chi connectivity index (χ0) is 14.8. The first kappa shape index (κ1) is 15.8. The molecular weight excluding hydrogens is 296 g/mol. The van der Waals surface area contributed by atoms with Crippen molar-refractivity contribution in [2.75, 3.05) is 13.6 Å². The fourth-order valence-electron chi connectivity index (χ4n) is 2.91. The van der Waals surface area contributed by atoms with Gasteiger partial charge in [-0.05, 0) is 43.5 Å². The fraction of sp³-hybridized carbons (Fsp3) is 0.571. The molecule has 1 aromatic rings. The summed E-state index contributed by atoms with van der Waals surface area (Å²) in [4.78, 5) is 0.244. The Morgan fingerprint density at radius 2 is 2.05 bits per heavy atom. The highest BCUT2D eigenvalue weighted by atomic mass is 35.5. The number of nitrogens with zero attached hydrogens (tertiary/aromatic N) is 1. The van der Waals surface area contributed by atoms with Crippen LogP contribution >= 0.6 is 11.6 Å². The maximum atomic E-state index is 12.7. The average molecular weight is 317 g/mol. The summed E-state index contributed by atoms with van der Waals surface area (Å²) in [5, 5.41) is 0.429. The van der Waals surface area contributed by atoms with E-state index >= 15 is 0 Å². The standard InChI is InChI=1S/C14H21ClN2O2S/c1-17(14-8-3-2-5-11(14)10-16)20(18,19)13-7-4-6-12(15)9-13/h4,6-7,9,11,14H,2-3,5,8,10,16H2,1H3. The summed E-state index contributed by atoms with van der Waals surface area (Å²) in [5.74, 6) is 0.239. The zero-order valence-corrected chi connectivity index (χ0v) is 13.2. The summed E-state index contributed by atoms with van der Waals surface area (Å²) >= 11 is 5.89. The van der Waals surface area contributed by atoms with Crippen LogP contribution in [0.3, 0.4) is 0 Å². The molecule has 1 saturated carbocycles. The molecule has 1 aliphatic carbocycles. The quantitative estimate of drug-likeness (QED) is 0.928. The summed E-state index contributed by atoms with van der Waals surface area (Å²) in [7, 11) is -1.86. The van der Waals surface area contributed by atoms with Crippen molar-refractivity contribution >= 4 is 21.6 Å². The van der Waals surface area contributed by atoms with Crippen molar-refractivity contribution in [3.8, 4) is 0 Å². The molecule has 2 atom stereocenters. The van der Waals surface area contributed by atoms with Gasteiger partial charge in [0.15, 0.2) is 0 Å². The molecule has 1 fully saturated rings. The maximum absolute atomic E-state index is 12.7. The third-order valence-corrected chi connectivity index (χ3v) is 6.23. The Bertz CT molecular complexity index is 562. The van der Waals surface area contributed by atoms with E-state index in [9.17, 15) is 8.42 Å². The van der Waals surface area contributed by atoms with E-state index in [0.717, 1.165) is 25.7 Å². The number of hydrogen-bond donors (Lipinski definition) is 1. The number of hydrogen-bond acceptors (Lipinski definition) is 3. The third kappa shape index (κ3) is 3.17. The van der Waals surface area contributed by atoms with Crippen molar-refractivity contribution < 1.29 is 8.42 Å². The van der Waals surface area contributed by atoms with Gasteiger partial charge in [-0.1, -0.05) is 30.5 Å². The predicted molar refractivity (Wildman–Crippen MR) is 81.2 cm³/mol. The minimum Gasteiger partial charge on any atom is -0.330 e. The average Bonchev–Trinajstić information content (AvgIpc) is 2.46.